The minimum atomic E-state index is 0.571. The van der Waals surface area contributed by atoms with E-state index in [0.717, 1.165) is 19.6 Å². The molecule has 1 unspecified atom stereocenters. The molecule has 1 aliphatic rings. The van der Waals surface area contributed by atoms with Crippen LogP contribution in [0.25, 0.3) is 0 Å². The summed E-state index contributed by atoms with van der Waals surface area (Å²) in [4.78, 5) is 2.50. The zero-order valence-corrected chi connectivity index (χ0v) is 12.5. The van der Waals surface area contributed by atoms with Gasteiger partial charge in [0.25, 0.3) is 0 Å². The maximum absolute atomic E-state index is 3.63. The maximum Gasteiger partial charge on any atom is 0.0372 e. The lowest BCUT2D eigenvalue weighted by molar-refractivity contribution is 0.585. The molecule has 0 saturated carbocycles. The lowest BCUT2D eigenvalue weighted by atomic mass is 10.1. The van der Waals surface area contributed by atoms with E-state index in [0.29, 0.717) is 6.04 Å². The number of nitrogens with one attached hydrogen (secondary N) is 1. The Morgan fingerprint density at radius 3 is 2.59 bits per heavy atom. The summed E-state index contributed by atoms with van der Waals surface area (Å²) in [6.45, 7) is 9.97. The van der Waals surface area contributed by atoms with E-state index >= 15 is 0 Å². The number of anilines is 1. The van der Waals surface area contributed by atoms with Crippen molar-refractivity contribution in [3.63, 3.8) is 0 Å². The second kappa shape index (κ2) is 5.40. The van der Waals surface area contributed by atoms with Gasteiger partial charge in [-0.1, -0.05) is 15.9 Å². The zero-order chi connectivity index (χ0) is 12.4. The van der Waals surface area contributed by atoms with Crippen LogP contribution in [-0.2, 0) is 0 Å². The molecule has 17 heavy (non-hydrogen) atoms. The third-order valence-corrected chi connectivity index (χ3v) is 4.63. The highest BCUT2D eigenvalue weighted by Gasteiger charge is 2.15. The minimum absolute atomic E-state index is 0.571. The van der Waals surface area contributed by atoms with Crippen LogP contribution in [0.5, 0.6) is 0 Å². The van der Waals surface area contributed by atoms with Crippen LogP contribution in [0.15, 0.2) is 16.6 Å². The number of rotatable bonds is 1. The largest absolute Gasteiger partial charge is 0.370 e. The minimum Gasteiger partial charge on any atom is -0.370 e. The molecule has 0 amide bonds. The van der Waals surface area contributed by atoms with Gasteiger partial charge in [-0.05, 0) is 57.0 Å². The molecule has 3 heteroatoms. The van der Waals surface area contributed by atoms with Gasteiger partial charge < -0.3 is 10.2 Å². The summed E-state index contributed by atoms with van der Waals surface area (Å²) < 4.78 is 1.24. The molecule has 1 aliphatic heterocycles. The Labute approximate surface area is 113 Å². The molecule has 2 rings (SSSR count). The fourth-order valence-electron chi connectivity index (χ4n) is 2.44. The molecular weight excluding hydrogens is 276 g/mol. The highest BCUT2D eigenvalue weighted by Crippen LogP contribution is 2.27. The van der Waals surface area contributed by atoms with Crippen molar-refractivity contribution in [3.8, 4) is 0 Å². The number of hydrogen-bond donors (Lipinski definition) is 1. The first kappa shape index (κ1) is 12.9. The summed E-state index contributed by atoms with van der Waals surface area (Å²) >= 11 is 3.63. The van der Waals surface area contributed by atoms with Crippen molar-refractivity contribution in [1.82, 2.24) is 5.32 Å². The van der Waals surface area contributed by atoms with Gasteiger partial charge in [-0.25, -0.2) is 0 Å². The van der Waals surface area contributed by atoms with Gasteiger partial charge >= 0.3 is 0 Å². The molecule has 1 heterocycles. The molecule has 1 fully saturated rings. The standard InChI is InChI=1S/C14H21BrN2/c1-10-7-13(8-11(2)14(10)15)17-6-4-5-16-12(3)9-17/h7-8,12,16H,4-6,9H2,1-3H3. The van der Waals surface area contributed by atoms with Crippen LogP contribution in [0.3, 0.4) is 0 Å². The van der Waals surface area contributed by atoms with Crippen molar-refractivity contribution in [2.45, 2.75) is 33.2 Å². The monoisotopic (exact) mass is 296 g/mol. The number of aryl methyl sites for hydroxylation is 2. The summed E-state index contributed by atoms with van der Waals surface area (Å²) in [7, 11) is 0. The first-order chi connectivity index (χ1) is 8.08. The Morgan fingerprint density at radius 2 is 1.94 bits per heavy atom. The van der Waals surface area contributed by atoms with Crippen LogP contribution in [0.4, 0.5) is 5.69 Å². The van der Waals surface area contributed by atoms with E-state index in [4.69, 9.17) is 0 Å². The first-order valence-electron chi connectivity index (χ1n) is 6.33. The van der Waals surface area contributed by atoms with E-state index in [1.807, 2.05) is 0 Å². The average molecular weight is 297 g/mol. The molecule has 1 aromatic carbocycles. The summed E-state index contributed by atoms with van der Waals surface area (Å²) in [6, 6.07) is 5.14. The Bertz CT molecular complexity index is 380. The highest BCUT2D eigenvalue weighted by atomic mass is 79.9. The molecule has 0 spiro atoms. The Hall–Kier alpha value is -0.540. The topological polar surface area (TPSA) is 15.3 Å². The van der Waals surface area contributed by atoms with Gasteiger partial charge in [0.05, 0.1) is 0 Å². The maximum atomic E-state index is 3.63. The van der Waals surface area contributed by atoms with Crippen LogP contribution in [0.1, 0.15) is 24.5 Å². The van der Waals surface area contributed by atoms with E-state index < -0.39 is 0 Å². The van der Waals surface area contributed by atoms with Crippen molar-refractivity contribution in [2.24, 2.45) is 0 Å². The summed E-state index contributed by atoms with van der Waals surface area (Å²) in [6.07, 6.45) is 1.22. The number of benzene rings is 1. The van der Waals surface area contributed by atoms with Crippen molar-refractivity contribution in [1.29, 1.82) is 0 Å². The van der Waals surface area contributed by atoms with E-state index in [1.165, 1.54) is 27.7 Å². The van der Waals surface area contributed by atoms with Crippen molar-refractivity contribution in [2.75, 3.05) is 24.5 Å². The van der Waals surface area contributed by atoms with E-state index in [9.17, 15) is 0 Å². The summed E-state index contributed by atoms with van der Waals surface area (Å²) in [5.41, 5.74) is 4.01. The summed E-state index contributed by atoms with van der Waals surface area (Å²) in [5.74, 6) is 0. The van der Waals surface area contributed by atoms with Crippen LogP contribution in [-0.4, -0.2) is 25.7 Å². The third-order valence-electron chi connectivity index (χ3n) is 3.38. The predicted octanol–water partition coefficient (Wildman–Crippen LogP) is 3.25. The first-order valence-corrected chi connectivity index (χ1v) is 7.12. The van der Waals surface area contributed by atoms with Crippen LogP contribution in [0, 0.1) is 13.8 Å². The van der Waals surface area contributed by atoms with Gasteiger partial charge in [-0.15, -0.1) is 0 Å². The molecule has 1 atom stereocenters. The molecular formula is C14H21BrN2. The average Bonchev–Trinajstić information content (AvgIpc) is 2.50. The molecule has 0 aliphatic carbocycles. The SMILES string of the molecule is Cc1cc(N2CCCNC(C)C2)cc(C)c1Br. The van der Waals surface area contributed by atoms with Gasteiger partial charge in [0.15, 0.2) is 0 Å². The van der Waals surface area contributed by atoms with E-state index in [2.05, 4.69) is 59.1 Å². The number of halogens is 1. The zero-order valence-electron chi connectivity index (χ0n) is 10.9. The Morgan fingerprint density at radius 1 is 1.29 bits per heavy atom. The van der Waals surface area contributed by atoms with Gasteiger partial charge in [-0.2, -0.15) is 0 Å². The third kappa shape index (κ3) is 3.02. The fourth-order valence-corrected chi connectivity index (χ4v) is 2.67. The molecule has 94 valence electrons. The molecule has 1 saturated heterocycles. The second-order valence-electron chi connectivity index (χ2n) is 5.05. The van der Waals surface area contributed by atoms with Crippen LogP contribution < -0.4 is 10.2 Å². The molecule has 0 aromatic heterocycles. The summed E-state index contributed by atoms with van der Waals surface area (Å²) in [5, 5.41) is 3.53. The molecule has 1 N–H and O–H groups in total. The fraction of sp³-hybridized carbons (Fsp3) is 0.571. The number of nitrogens with zero attached hydrogens (tertiary/aromatic N) is 1. The quantitative estimate of drug-likeness (QED) is 0.856. The molecule has 2 nitrogen and oxygen atoms in total. The van der Waals surface area contributed by atoms with Gasteiger partial charge in [0.1, 0.15) is 0 Å². The lowest BCUT2D eigenvalue weighted by Gasteiger charge is -2.26. The smallest absolute Gasteiger partial charge is 0.0372 e. The van der Waals surface area contributed by atoms with Gasteiger partial charge in [0, 0.05) is 29.3 Å². The molecule has 0 bridgehead atoms. The van der Waals surface area contributed by atoms with Crippen LogP contribution >= 0.6 is 15.9 Å². The lowest BCUT2D eigenvalue weighted by Crippen LogP contribution is -2.35. The normalized spacial score (nSPS) is 21.4. The van der Waals surface area contributed by atoms with E-state index in [-0.39, 0.29) is 0 Å². The predicted molar refractivity (Wildman–Crippen MR) is 77.9 cm³/mol. The van der Waals surface area contributed by atoms with Crippen molar-refractivity contribution in [3.05, 3.63) is 27.7 Å². The molecule has 1 aromatic rings. The van der Waals surface area contributed by atoms with Gasteiger partial charge in [-0.3, -0.25) is 0 Å². The molecule has 0 radical (unpaired) electrons. The Balaban J connectivity index is 2.26. The van der Waals surface area contributed by atoms with E-state index in [1.54, 1.807) is 0 Å². The van der Waals surface area contributed by atoms with Crippen molar-refractivity contribution >= 4 is 21.6 Å². The van der Waals surface area contributed by atoms with Crippen LogP contribution in [0.2, 0.25) is 0 Å². The highest BCUT2D eigenvalue weighted by molar-refractivity contribution is 9.10. The van der Waals surface area contributed by atoms with Crippen molar-refractivity contribution < 1.29 is 0 Å². The second-order valence-corrected chi connectivity index (χ2v) is 5.84. The van der Waals surface area contributed by atoms with Gasteiger partial charge in [0.2, 0.25) is 0 Å². The Kier molecular flexibility index (Phi) is 4.10. The number of hydrogen-bond acceptors (Lipinski definition) is 2.